The molecule has 29 heavy (non-hydrogen) atoms. The lowest BCUT2D eigenvalue weighted by molar-refractivity contribution is 0.102. The van der Waals surface area contributed by atoms with Crippen molar-refractivity contribution in [3.05, 3.63) is 53.8 Å². The Kier molecular flexibility index (Phi) is 6.51. The fourth-order valence-corrected chi connectivity index (χ4v) is 4.58. The van der Waals surface area contributed by atoms with Gasteiger partial charge in [-0.2, -0.15) is 0 Å². The van der Waals surface area contributed by atoms with Crippen LogP contribution < -0.4 is 14.8 Å². The van der Waals surface area contributed by atoms with Gasteiger partial charge < -0.3 is 15.2 Å². The number of amides is 1. The van der Waals surface area contributed by atoms with E-state index in [1.165, 1.54) is 49.6 Å². The first-order chi connectivity index (χ1) is 13.8. The molecule has 1 amide bonds. The van der Waals surface area contributed by atoms with Crippen LogP contribution in [0.15, 0.2) is 47.4 Å². The van der Waals surface area contributed by atoms with E-state index in [-0.39, 0.29) is 22.3 Å². The van der Waals surface area contributed by atoms with Crippen LogP contribution in [-0.2, 0) is 10.0 Å². The highest BCUT2D eigenvalue weighted by Crippen LogP contribution is 2.25. The van der Waals surface area contributed by atoms with E-state index >= 15 is 0 Å². The molecule has 7 nitrogen and oxygen atoms in total. The molecule has 3 rings (SSSR count). The van der Waals surface area contributed by atoms with E-state index in [1.807, 2.05) is 0 Å². The minimum Gasteiger partial charge on any atom is -0.496 e. The lowest BCUT2D eigenvalue weighted by Gasteiger charge is -2.26. The van der Waals surface area contributed by atoms with Crippen molar-refractivity contribution in [3.8, 4) is 5.75 Å². The summed E-state index contributed by atoms with van der Waals surface area (Å²) in [7, 11) is -2.47. The molecule has 0 heterocycles. The molecule has 0 unspecified atom stereocenters. The number of anilines is 1. The maximum absolute atomic E-state index is 13.0. The van der Waals surface area contributed by atoms with Crippen LogP contribution in [0.25, 0.3) is 0 Å². The lowest BCUT2D eigenvalue weighted by Crippen LogP contribution is -2.38. The number of nitrogens with one attached hydrogen (secondary N) is 2. The van der Waals surface area contributed by atoms with E-state index in [0.717, 1.165) is 0 Å². The molecule has 1 aliphatic rings. The van der Waals surface area contributed by atoms with Crippen LogP contribution in [0.1, 0.15) is 36.0 Å². The van der Waals surface area contributed by atoms with Crippen LogP contribution >= 0.6 is 0 Å². The van der Waals surface area contributed by atoms with Gasteiger partial charge in [0.25, 0.3) is 5.91 Å². The Morgan fingerprint density at radius 1 is 1.10 bits per heavy atom. The number of halogens is 1. The number of aliphatic hydroxyl groups excluding tert-OH is 1. The molecule has 0 aliphatic heterocycles. The monoisotopic (exact) mass is 422 g/mol. The maximum atomic E-state index is 13.0. The number of sulfonamides is 1. The Morgan fingerprint density at radius 3 is 2.38 bits per heavy atom. The molecule has 9 heteroatoms. The van der Waals surface area contributed by atoms with E-state index in [2.05, 4.69) is 10.0 Å². The lowest BCUT2D eigenvalue weighted by atomic mass is 9.94. The fourth-order valence-electron chi connectivity index (χ4n) is 3.24. The van der Waals surface area contributed by atoms with Gasteiger partial charge in [-0.15, -0.1) is 0 Å². The Bertz CT molecular complexity index is 971. The SMILES string of the molecule is COc1ccc(S(=O)(=O)N[C@H]2CC[C@@H](O)CC2)cc1C(=O)Nc1ccc(F)cc1. The standard InChI is InChI=1S/C20H23FN2O5S/c1-28-19-11-10-17(29(26,27)23-15-6-8-16(24)9-7-15)12-18(19)20(25)22-14-4-2-13(21)3-5-14/h2-5,10-12,15-16,23-24H,6-9H2,1H3,(H,22,25)/t15-,16+. The highest BCUT2D eigenvalue weighted by atomic mass is 32.2. The first-order valence-corrected chi connectivity index (χ1v) is 10.7. The highest BCUT2D eigenvalue weighted by molar-refractivity contribution is 7.89. The minimum absolute atomic E-state index is 0.0405. The van der Waals surface area contributed by atoms with Crippen molar-refractivity contribution in [2.24, 2.45) is 0 Å². The zero-order chi connectivity index (χ0) is 21.0. The summed E-state index contributed by atoms with van der Waals surface area (Å²) in [6, 6.07) is 8.99. The van der Waals surface area contributed by atoms with Crippen LogP contribution in [0.3, 0.4) is 0 Å². The highest BCUT2D eigenvalue weighted by Gasteiger charge is 2.26. The van der Waals surface area contributed by atoms with Crippen molar-refractivity contribution < 1.29 is 27.4 Å². The summed E-state index contributed by atoms with van der Waals surface area (Å²) in [5.74, 6) is -0.800. The third-order valence-electron chi connectivity index (χ3n) is 4.85. The molecule has 0 spiro atoms. The van der Waals surface area contributed by atoms with Gasteiger partial charge in [0, 0.05) is 11.7 Å². The van der Waals surface area contributed by atoms with E-state index in [4.69, 9.17) is 4.74 Å². The van der Waals surface area contributed by atoms with Crippen LogP contribution in [0, 0.1) is 5.82 Å². The number of ether oxygens (including phenoxy) is 1. The van der Waals surface area contributed by atoms with Crippen molar-refractivity contribution >= 4 is 21.6 Å². The molecule has 0 saturated heterocycles. The van der Waals surface area contributed by atoms with Gasteiger partial charge >= 0.3 is 0 Å². The fraction of sp³-hybridized carbons (Fsp3) is 0.350. The predicted molar refractivity (Wildman–Crippen MR) is 106 cm³/mol. The molecular formula is C20H23FN2O5S. The smallest absolute Gasteiger partial charge is 0.259 e. The molecule has 2 aromatic carbocycles. The summed E-state index contributed by atoms with van der Waals surface area (Å²) in [4.78, 5) is 12.6. The second kappa shape index (κ2) is 8.89. The molecule has 0 radical (unpaired) electrons. The Labute approximate surface area is 168 Å². The zero-order valence-corrected chi connectivity index (χ0v) is 16.7. The number of aliphatic hydroxyl groups is 1. The number of hydrogen-bond donors (Lipinski definition) is 3. The van der Waals surface area contributed by atoms with Gasteiger partial charge in [0.05, 0.1) is 23.7 Å². The number of rotatable bonds is 6. The summed E-state index contributed by atoms with van der Waals surface area (Å²) < 4.78 is 46.4. The largest absolute Gasteiger partial charge is 0.496 e. The molecule has 1 saturated carbocycles. The quantitative estimate of drug-likeness (QED) is 0.664. The summed E-state index contributed by atoms with van der Waals surface area (Å²) in [6.45, 7) is 0. The average molecular weight is 422 g/mol. The third kappa shape index (κ3) is 5.31. The van der Waals surface area contributed by atoms with Gasteiger partial charge in [-0.05, 0) is 68.1 Å². The van der Waals surface area contributed by atoms with Crippen molar-refractivity contribution in [2.75, 3.05) is 12.4 Å². The van der Waals surface area contributed by atoms with Crippen molar-refractivity contribution in [1.29, 1.82) is 0 Å². The second-order valence-corrected chi connectivity index (χ2v) is 8.66. The summed E-state index contributed by atoms with van der Waals surface area (Å²) in [5, 5.41) is 12.2. The van der Waals surface area contributed by atoms with Crippen LogP contribution in [0.4, 0.5) is 10.1 Å². The predicted octanol–water partition coefficient (Wildman–Crippen LogP) is 2.67. The van der Waals surface area contributed by atoms with Crippen molar-refractivity contribution in [1.82, 2.24) is 4.72 Å². The number of carbonyl (C=O) groups excluding carboxylic acids is 1. The van der Waals surface area contributed by atoms with Gasteiger partial charge in [0.15, 0.2) is 0 Å². The van der Waals surface area contributed by atoms with Crippen LogP contribution in [0.2, 0.25) is 0 Å². The molecule has 2 aromatic rings. The van der Waals surface area contributed by atoms with Gasteiger partial charge in [-0.25, -0.2) is 17.5 Å². The molecular weight excluding hydrogens is 399 g/mol. The van der Waals surface area contributed by atoms with Gasteiger partial charge in [-0.3, -0.25) is 4.79 Å². The van der Waals surface area contributed by atoms with Gasteiger partial charge in [-0.1, -0.05) is 0 Å². The average Bonchev–Trinajstić information content (AvgIpc) is 2.70. The van der Waals surface area contributed by atoms with E-state index in [1.54, 1.807) is 0 Å². The Morgan fingerprint density at radius 2 is 1.76 bits per heavy atom. The van der Waals surface area contributed by atoms with E-state index in [9.17, 15) is 22.7 Å². The van der Waals surface area contributed by atoms with Gasteiger partial charge in [0.1, 0.15) is 11.6 Å². The van der Waals surface area contributed by atoms with E-state index < -0.39 is 27.9 Å². The molecule has 156 valence electrons. The van der Waals surface area contributed by atoms with Gasteiger partial charge in [0.2, 0.25) is 10.0 Å². The first kappa shape index (κ1) is 21.2. The zero-order valence-electron chi connectivity index (χ0n) is 15.9. The number of hydrogen-bond acceptors (Lipinski definition) is 5. The third-order valence-corrected chi connectivity index (χ3v) is 6.36. The normalized spacial score (nSPS) is 19.6. The molecule has 1 aliphatic carbocycles. The number of benzene rings is 2. The molecule has 3 N–H and O–H groups in total. The Balaban J connectivity index is 1.82. The number of carbonyl (C=O) groups is 1. The summed E-state index contributed by atoms with van der Waals surface area (Å²) in [5.41, 5.74) is 0.407. The second-order valence-electron chi connectivity index (χ2n) is 6.95. The van der Waals surface area contributed by atoms with Crippen LogP contribution in [-0.4, -0.2) is 38.7 Å². The molecule has 1 fully saturated rings. The summed E-state index contributed by atoms with van der Waals surface area (Å²) >= 11 is 0. The topological polar surface area (TPSA) is 105 Å². The minimum atomic E-state index is -3.85. The molecule has 0 atom stereocenters. The maximum Gasteiger partial charge on any atom is 0.259 e. The van der Waals surface area contributed by atoms with Crippen molar-refractivity contribution in [3.63, 3.8) is 0 Å². The molecule has 0 aromatic heterocycles. The first-order valence-electron chi connectivity index (χ1n) is 9.24. The van der Waals surface area contributed by atoms with Crippen molar-refractivity contribution in [2.45, 2.75) is 42.7 Å². The van der Waals surface area contributed by atoms with E-state index in [0.29, 0.717) is 31.4 Å². The summed E-state index contributed by atoms with van der Waals surface area (Å²) in [6.07, 6.45) is 1.80. The van der Waals surface area contributed by atoms with Crippen LogP contribution in [0.5, 0.6) is 5.75 Å². The Hall–Kier alpha value is -2.49. The number of methoxy groups -OCH3 is 1. The molecule has 0 bridgehead atoms.